The van der Waals surface area contributed by atoms with Gasteiger partial charge in [0.2, 0.25) is 5.91 Å². The highest BCUT2D eigenvalue weighted by Crippen LogP contribution is 2.32. The lowest BCUT2D eigenvalue weighted by Gasteiger charge is -2.13. The van der Waals surface area contributed by atoms with Crippen LogP contribution in [0.1, 0.15) is 11.3 Å². The third-order valence-corrected chi connectivity index (χ3v) is 6.42. The molecule has 0 spiro atoms. The fraction of sp³-hybridized carbons (Fsp3) is 0.174. The van der Waals surface area contributed by atoms with E-state index in [2.05, 4.69) is 15.8 Å². The summed E-state index contributed by atoms with van der Waals surface area (Å²) in [7, 11) is 0.869. The van der Waals surface area contributed by atoms with Gasteiger partial charge in [-0.25, -0.2) is 0 Å². The number of hydrogen-bond acceptors (Lipinski definition) is 4. The van der Waals surface area contributed by atoms with E-state index in [1.54, 1.807) is 74.2 Å². The monoisotopic (exact) mass is 483 g/mol. The Morgan fingerprint density at radius 1 is 1.21 bits per heavy atom. The summed E-state index contributed by atoms with van der Waals surface area (Å²) in [5.41, 5.74) is 2.22. The molecule has 1 amide bonds. The number of amides is 1. The molecule has 0 radical (unpaired) electrons. The molecule has 10 heteroatoms. The van der Waals surface area contributed by atoms with Crippen LogP contribution in [-0.2, 0) is 28.3 Å². The molecule has 0 saturated heterocycles. The van der Waals surface area contributed by atoms with E-state index in [9.17, 15) is 18.5 Å². The largest absolute Gasteiger partial charge is 0.368 e. The van der Waals surface area contributed by atoms with Crippen LogP contribution in [0.5, 0.6) is 0 Å². The lowest BCUT2D eigenvalue weighted by Crippen LogP contribution is -2.15. The SMILES string of the molecule is CN(C)/C=N/S(=O)(=O)c1cc(NC(=O)Cc2ccccc2Cl)ccc1-c1ccc(C#N)n1C. The van der Waals surface area contributed by atoms with Crippen molar-refractivity contribution >= 4 is 39.6 Å². The van der Waals surface area contributed by atoms with Gasteiger partial charge in [0.05, 0.1) is 12.1 Å². The lowest BCUT2D eigenvalue weighted by molar-refractivity contribution is -0.115. The Balaban J connectivity index is 2.02. The van der Waals surface area contributed by atoms with Gasteiger partial charge in [0, 0.05) is 37.4 Å². The zero-order chi connectivity index (χ0) is 24.2. The third-order valence-electron chi connectivity index (χ3n) is 4.78. The molecule has 2 aromatic carbocycles. The van der Waals surface area contributed by atoms with Crippen LogP contribution in [0.2, 0.25) is 5.02 Å². The van der Waals surface area contributed by atoms with Gasteiger partial charge in [0.15, 0.2) is 0 Å². The molecule has 33 heavy (non-hydrogen) atoms. The first-order valence-electron chi connectivity index (χ1n) is 9.83. The number of nitrogens with zero attached hydrogens (tertiary/aromatic N) is 4. The molecule has 0 bridgehead atoms. The third kappa shape index (κ3) is 5.61. The van der Waals surface area contributed by atoms with Crippen LogP contribution in [0.25, 0.3) is 11.3 Å². The molecule has 0 aliphatic carbocycles. The summed E-state index contributed by atoms with van der Waals surface area (Å²) in [5, 5.41) is 12.5. The smallest absolute Gasteiger partial charge is 0.284 e. The van der Waals surface area contributed by atoms with Crippen molar-refractivity contribution in [3.05, 3.63) is 70.9 Å². The summed E-state index contributed by atoms with van der Waals surface area (Å²) < 4.78 is 31.5. The van der Waals surface area contributed by atoms with Crippen molar-refractivity contribution in [3.8, 4) is 17.3 Å². The number of carbonyl (C=O) groups is 1. The second-order valence-corrected chi connectivity index (χ2v) is 9.47. The van der Waals surface area contributed by atoms with E-state index in [-0.39, 0.29) is 17.2 Å². The van der Waals surface area contributed by atoms with Gasteiger partial charge < -0.3 is 14.8 Å². The molecule has 3 aromatic rings. The minimum atomic E-state index is -4.11. The Kier molecular flexibility index (Phi) is 7.21. The standard InChI is InChI=1S/C23H22ClN5O3S/c1-28(2)15-26-33(31,32)22-13-17(27-23(30)12-16-6-4-5-7-20(16)24)8-10-19(22)21-11-9-18(14-25)29(21)3/h4-11,13,15H,12H2,1-3H3,(H,27,30)/b26-15+. The van der Waals surface area contributed by atoms with Crippen LogP contribution >= 0.6 is 11.6 Å². The summed E-state index contributed by atoms with van der Waals surface area (Å²) >= 11 is 6.13. The van der Waals surface area contributed by atoms with E-state index in [0.717, 1.165) is 0 Å². The number of hydrogen-bond donors (Lipinski definition) is 1. The van der Waals surface area contributed by atoms with Crippen LogP contribution in [-0.4, -0.2) is 44.2 Å². The van der Waals surface area contributed by atoms with Crippen molar-refractivity contribution in [2.24, 2.45) is 11.4 Å². The van der Waals surface area contributed by atoms with Gasteiger partial charge >= 0.3 is 0 Å². The van der Waals surface area contributed by atoms with E-state index in [0.29, 0.717) is 33.2 Å². The number of carbonyl (C=O) groups excluding carboxylic acids is 1. The predicted octanol–water partition coefficient (Wildman–Crippen LogP) is 3.68. The van der Waals surface area contributed by atoms with Crippen molar-refractivity contribution in [1.29, 1.82) is 5.26 Å². The minimum absolute atomic E-state index is 0.0334. The number of anilines is 1. The average Bonchev–Trinajstić information content (AvgIpc) is 3.14. The molecule has 0 aliphatic rings. The van der Waals surface area contributed by atoms with Gasteiger partial charge in [-0.05, 0) is 42.0 Å². The maximum atomic E-state index is 13.1. The van der Waals surface area contributed by atoms with Crippen LogP contribution in [0.4, 0.5) is 5.69 Å². The molecular formula is C23H22ClN5O3S. The molecule has 0 atom stereocenters. The van der Waals surface area contributed by atoms with Crippen molar-refractivity contribution in [2.75, 3.05) is 19.4 Å². The van der Waals surface area contributed by atoms with E-state index >= 15 is 0 Å². The summed E-state index contributed by atoms with van der Waals surface area (Å²) in [6, 6.07) is 16.9. The number of nitrogens with one attached hydrogen (secondary N) is 1. The Hall–Kier alpha value is -3.61. The second-order valence-electron chi connectivity index (χ2n) is 7.46. The van der Waals surface area contributed by atoms with Gasteiger partial charge in [-0.1, -0.05) is 29.8 Å². The van der Waals surface area contributed by atoms with E-state index in [1.165, 1.54) is 17.3 Å². The maximum absolute atomic E-state index is 13.1. The highest BCUT2D eigenvalue weighted by atomic mass is 35.5. The Labute approximate surface area is 197 Å². The molecule has 3 rings (SSSR count). The number of halogens is 1. The summed E-state index contributed by atoms with van der Waals surface area (Å²) in [6.07, 6.45) is 1.22. The van der Waals surface area contributed by atoms with E-state index in [1.807, 2.05) is 0 Å². The fourth-order valence-corrected chi connectivity index (χ4v) is 4.51. The molecule has 170 valence electrons. The van der Waals surface area contributed by atoms with Crippen LogP contribution < -0.4 is 5.32 Å². The van der Waals surface area contributed by atoms with Gasteiger partial charge in [0.1, 0.15) is 23.0 Å². The number of aromatic nitrogens is 1. The normalized spacial score (nSPS) is 11.4. The molecule has 1 heterocycles. The van der Waals surface area contributed by atoms with Crippen LogP contribution in [0, 0.1) is 11.3 Å². The summed E-state index contributed by atoms with van der Waals surface area (Å²) in [4.78, 5) is 14.0. The van der Waals surface area contributed by atoms with Gasteiger partial charge in [-0.2, -0.15) is 13.7 Å². The minimum Gasteiger partial charge on any atom is -0.368 e. The van der Waals surface area contributed by atoms with E-state index in [4.69, 9.17) is 11.6 Å². The molecule has 0 unspecified atom stereocenters. The van der Waals surface area contributed by atoms with Crippen molar-refractivity contribution in [1.82, 2.24) is 9.47 Å². The Bertz CT molecular complexity index is 1370. The Morgan fingerprint density at radius 2 is 1.94 bits per heavy atom. The number of rotatable bonds is 7. The highest BCUT2D eigenvalue weighted by Gasteiger charge is 2.22. The topological polar surface area (TPSA) is 108 Å². The second kappa shape index (κ2) is 9.90. The van der Waals surface area contributed by atoms with Crippen LogP contribution in [0.3, 0.4) is 0 Å². The molecule has 1 N–H and O–H groups in total. The number of sulfonamides is 1. The van der Waals surface area contributed by atoms with Gasteiger partial charge in [-0.15, -0.1) is 4.40 Å². The maximum Gasteiger partial charge on any atom is 0.284 e. The van der Waals surface area contributed by atoms with Crippen molar-refractivity contribution in [2.45, 2.75) is 11.3 Å². The molecule has 8 nitrogen and oxygen atoms in total. The Morgan fingerprint density at radius 3 is 2.58 bits per heavy atom. The summed E-state index contributed by atoms with van der Waals surface area (Å²) in [5.74, 6) is -0.346. The average molecular weight is 484 g/mol. The first kappa shape index (κ1) is 24.0. The van der Waals surface area contributed by atoms with Gasteiger partial charge in [-0.3, -0.25) is 4.79 Å². The lowest BCUT2D eigenvalue weighted by atomic mass is 10.1. The zero-order valence-electron chi connectivity index (χ0n) is 18.3. The summed E-state index contributed by atoms with van der Waals surface area (Å²) in [6.45, 7) is 0. The first-order valence-corrected chi connectivity index (χ1v) is 11.6. The molecule has 1 aromatic heterocycles. The fourth-order valence-electron chi connectivity index (χ4n) is 3.15. The van der Waals surface area contributed by atoms with E-state index < -0.39 is 10.0 Å². The van der Waals surface area contributed by atoms with Gasteiger partial charge in [0.25, 0.3) is 10.0 Å². The van der Waals surface area contributed by atoms with Crippen molar-refractivity contribution < 1.29 is 13.2 Å². The molecule has 0 saturated carbocycles. The molecule has 0 aliphatic heterocycles. The number of nitriles is 1. The van der Waals surface area contributed by atoms with Crippen molar-refractivity contribution in [3.63, 3.8) is 0 Å². The number of benzene rings is 2. The zero-order valence-corrected chi connectivity index (χ0v) is 19.9. The highest BCUT2D eigenvalue weighted by molar-refractivity contribution is 7.90. The quantitative estimate of drug-likeness (QED) is 0.407. The first-order chi connectivity index (χ1) is 15.6. The van der Waals surface area contributed by atoms with Crippen LogP contribution in [0.15, 0.2) is 63.9 Å². The molecule has 0 fully saturated rings. The predicted molar refractivity (Wildman–Crippen MR) is 129 cm³/mol. The molecular weight excluding hydrogens is 462 g/mol.